The Labute approximate surface area is 220 Å². The summed E-state index contributed by atoms with van der Waals surface area (Å²) in [6, 6.07) is 9.22. The van der Waals surface area contributed by atoms with E-state index in [0.717, 1.165) is 44.1 Å². The van der Waals surface area contributed by atoms with Gasteiger partial charge < -0.3 is 10.1 Å². The molecule has 7 nitrogen and oxygen atoms in total. The van der Waals surface area contributed by atoms with Crippen molar-refractivity contribution in [3.63, 3.8) is 0 Å². The van der Waals surface area contributed by atoms with Gasteiger partial charge in [0.15, 0.2) is 0 Å². The molecule has 2 aromatic carbocycles. The highest BCUT2D eigenvalue weighted by molar-refractivity contribution is 7.89. The molecule has 2 aromatic rings. The molecule has 38 heavy (non-hydrogen) atoms. The van der Waals surface area contributed by atoms with Crippen LogP contribution in [0.2, 0.25) is 0 Å². The van der Waals surface area contributed by atoms with Crippen LogP contribution in [0.15, 0.2) is 48.0 Å². The van der Waals surface area contributed by atoms with Gasteiger partial charge in [-0.05, 0) is 30.5 Å². The second-order valence-electron chi connectivity index (χ2n) is 9.49. The quantitative estimate of drug-likeness (QED) is 0.302. The molecule has 11 heteroatoms. The van der Waals surface area contributed by atoms with Gasteiger partial charge in [0.1, 0.15) is 17.1 Å². The topological polar surface area (TPSA) is 102 Å². The first-order valence-electron chi connectivity index (χ1n) is 12.2. The number of ether oxygens (including phenoxy) is 1. The number of benzene rings is 2. The second-order valence-corrected chi connectivity index (χ2v) is 11.2. The van der Waals surface area contributed by atoms with E-state index in [0.29, 0.717) is 12.4 Å². The number of unbranched alkanes of at least 4 members (excludes halogenated alkanes) is 3. The van der Waals surface area contributed by atoms with Crippen molar-refractivity contribution in [3.05, 3.63) is 70.5 Å². The van der Waals surface area contributed by atoms with Gasteiger partial charge in [-0.25, -0.2) is 26.3 Å². The summed E-state index contributed by atoms with van der Waals surface area (Å²) in [6.45, 7) is 4.10. The Kier molecular flexibility index (Phi) is 9.24. The average Bonchev–Trinajstić information content (AvgIpc) is 2.82. The molecule has 0 spiro atoms. The fourth-order valence-electron chi connectivity index (χ4n) is 4.39. The second kappa shape index (κ2) is 12.0. The molecule has 0 unspecified atom stereocenters. The van der Waals surface area contributed by atoms with Gasteiger partial charge in [-0.2, -0.15) is 0 Å². The van der Waals surface area contributed by atoms with E-state index in [1.807, 2.05) is 0 Å². The Bertz CT molecular complexity index is 1330. The maximum Gasteiger partial charge on any atom is 0.270 e. The van der Waals surface area contributed by atoms with Crippen molar-refractivity contribution in [1.82, 2.24) is 10.0 Å². The van der Waals surface area contributed by atoms with Gasteiger partial charge in [0.05, 0.1) is 18.4 Å². The molecule has 1 aliphatic rings. The largest absolute Gasteiger partial charge is 0.493 e. The van der Waals surface area contributed by atoms with Crippen LogP contribution in [0.1, 0.15) is 69.1 Å². The number of rotatable bonds is 11. The van der Waals surface area contributed by atoms with E-state index in [9.17, 15) is 26.8 Å². The van der Waals surface area contributed by atoms with Crippen LogP contribution in [0, 0.1) is 5.82 Å². The van der Waals surface area contributed by atoms with Gasteiger partial charge >= 0.3 is 0 Å². The molecule has 0 aromatic heterocycles. The molecule has 1 aliphatic heterocycles. The van der Waals surface area contributed by atoms with Crippen molar-refractivity contribution in [1.29, 1.82) is 0 Å². The maximum absolute atomic E-state index is 15.3. The fourth-order valence-corrected chi connectivity index (χ4v) is 4.83. The molecule has 206 valence electrons. The Hall–Kier alpha value is -3.34. The molecule has 1 atom stereocenters. The maximum atomic E-state index is 15.3. The summed E-state index contributed by atoms with van der Waals surface area (Å²) in [7, 11) is -4.01. The number of carbonyl (C=O) groups excluding carboxylic acids is 2. The summed E-state index contributed by atoms with van der Waals surface area (Å²) in [6.07, 6.45) is 1.92. The van der Waals surface area contributed by atoms with Crippen molar-refractivity contribution >= 4 is 27.4 Å². The Balaban J connectivity index is 1.98. The molecule has 0 saturated carbocycles. The van der Waals surface area contributed by atoms with Gasteiger partial charge in [-0.1, -0.05) is 56.5 Å². The zero-order valence-electron chi connectivity index (χ0n) is 21.4. The predicted octanol–water partition coefficient (Wildman–Crippen LogP) is 4.99. The first-order chi connectivity index (χ1) is 17.8. The summed E-state index contributed by atoms with van der Waals surface area (Å²) < 4.78 is 72.2. The molecule has 2 amide bonds. The highest BCUT2D eigenvalue weighted by Crippen LogP contribution is 2.40. The summed E-state index contributed by atoms with van der Waals surface area (Å²) in [5.41, 5.74) is -1.64. The van der Waals surface area contributed by atoms with Crippen LogP contribution in [0.5, 0.6) is 5.75 Å². The Morgan fingerprint density at radius 3 is 2.39 bits per heavy atom. The lowest BCUT2D eigenvalue weighted by molar-refractivity contribution is -0.124. The van der Waals surface area contributed by atoms with E-state index in [1.165, 1.54) is 24.3 Å². The number of halogens is 3. The normalized spacial score (nSPS) is 17.9. The molecular weight excluding hydrogens is 521 g/mol. The molecule has 0 saturated heterocycles. The number of carbonyl (C=O) groups is 2. The average molecular weight is 553 g/mol. The van der Waals surface area contributed by atoms with Crippen LogP contribution >= 0.6 is 0 Å². The molecule has 0 radical (unpaired) electrons. The predicted molar refractivity (Wildman–Crippen MR) is 137 cm³/mol. The van der Waals surface area contributed by atoms with Gasteiger partial charge in [-0.3, -0.25) is 9.59 Å². The van der Waals surface area contributed by atoms with Crippen LogP contribution in [0.4, 0.5) is 13.2 Å². The summed E-state index contributed by atoms with van der Waals surface area (Å²) in [5, 5.41) is 2.63. The zero-order chi connectivity index (χ0) is 28.1. The summed E-state index contributed by atoms with van der Waals surface area (Å²) >= 11 is 0. The third-order valence-corrected chi connectivity index (χ3v) is 6.82. The van der Waals surface area contributed by atoms with Crippen molar-refractivity contribution in [2.45, 2.75) is 57.9 Å². The van der Waals surface area contributed by atoms with Crippen molar-refractivity contribution < 1.29 is 35.9 Å². The first kappa shape index (κ1) is 29.2. The van der Waals surface area contributed by atoms with Crippen molar-refractivity contribution in [2.75, 3.05) is 12.9 Å². The van der Waals surface area contributed by atoms with Crippen LogP contribution in [0.25, 0.3) is 5.57 Å². The van der Waals surface area contributed by atoms with E-state index in [4.69, 9.17) is 4.74 Å². The standard InChI is InChI=1S/C27H31F3N2O5S/c1-4-5-6-7-14-37-19-12-13-21(22(28)15-19)27(2)16-20(17-8-10-18(11-9-17)24(29)30)23(25(33)31-27)26(34)32-38(3,35)36/h8-13,15,24H,4-7,14,16H2,1-3H3,(H,31,33)(H,32,34)/t27-/m0/s1. The summed E-state index contributed by atoms with van der Waals surface area (Å²) in [4.78, 5) is 26.0. The van der Waals surface area contributed by atoms with Gasteiger partial charge in [0.2, 0.25) is 10.0 Å². The molecule has 0 aliphatic carbocycles. The minimum Gasteiger partial charge on any atom is -0.493 e. The molecule has 2 N–H and O–H groups in total. The number of hydrogen-bond donors (Lipinski definition) is 2. The summed E-state index contributed by atoms with van der Waals surface area (Å²) in [5.74, 6) is -2.41. The first-order valence-corrected chi connectivity index (χ1v) is 14.1. The van der Waals surface area contributed by atoms with Crippen molar-refractivity contribution in [3.8, 4) is 5.75 Å². The highest BCUT2D eigenvalue weighted by Gasteiger charge is 2.41. The zero-order valence-corrected chi connectivity index (χ0v) is 22.3. The molecule has 0 fully saturated rings. The lowest BCUT2D eigenvalue weighted by Gasteiger charge is -2.37. The number of sulfonamides is 1. The lowest BCUT2D eigenvalue weighted by atomic mass is 9.78. The Morgan fingerprint density at radius 1 is 1.13 bits per heavy atom. The number of nitrogens with one attached hydrogen (secondary N) is 2. The minimum absolute atomic E-state index is 0.0915. The van der Waals surface area contributed by atoms with E-state index < -0.39 is 45.2 Å². The fraction of sp³-hybridized carbons (Fsp3) is 0.407. The molecule has 3 rings (SSSR count). The lowest BCUT2D eigenvalue weighted by Crippen LogP contribution is -2.51. The number of hydrogen-bond acceptors (Lipinski definition) is 5. The Morgan fingerprint density at radius 2 is 1.82 bits per heavy atom. The monoisotopic (exact) mass is 552 g/mol. The number of alkyl halides is 2. The van der Waals surface area contributed by atoms with E-state index in [2.05, 4.69) is 12.2 Å². The van der Waals surface area contributed by atoms with Gasteiger partial charge in [0.25, 0.3) is 18.2 Å². The third kappa shape index (κ3) is 7.15. The van der Waals surface area contributed by atoms with E-state index in [1.54, 1.807) is 17.7 Å². The number of amides is 2. The van der Waals surface area contributed by atoms with Crippen LogP contribution in [-0.4, -0.2) is 33.1 Å². The minimum atomic E-state index is -4.01. The third-order valence-electron chi connectivity index (χ3n) is 6.27. The van der Waals surface area contributed by atoms with Crippen LogP contribution in [0.3, 0.4) is 0 Å². The SMILES string of the molecule is CCCCCCOc1ccc([C@]2(C)CC(c3ccc(C(F)F)cc3)=C(C(=O)NS(C)(=O)=O)C(=O)N2)c(F)c1. The highest BCUT2D eigenvalue weighted by atomic mass is 32.2. The van der Waals surface area contributed by atoms with Crippen LogP contribution in [-0.2, 0) is 25.2 Å². The smallest absolute Gasteiger partial charge is 0.270 e. The van der Waals surface area contributed by atoms with Gasteiger partial charge in [-0.15, -0.1) is 0 Å². The molecular formula is C27H31F3N2O5S. The molecule has 1 heterocycles. The van der Waals surface area contributed by atoms with Crippen molar-refractivity contribution in [2.24, 2.45) is 0 Å². The van der Waals surface area contributed by atoms with Gasteiger partial charge in [0, 0.05) is 23.6 Å². The molecule has 0 bridgehead atoms. The van der Waals surface area contributed by atoms with E-state index in [-0.39, 0.29) is 28.7 Å². The van der Waals surface area contributed by atoms with E-state index >= 15 is 4.39 Å². The van der Waals surface area contributed by atoms with Crippen LogP contribution < -0.4 is 14.8 Å².